The highest BCUT2D eigenvalue weighted by atomic mass is 16.4. The van der Waals surface area contributed by atoms with Gasteiger partial charge in [0.05, 0.1) is 0 Å². The van der Waals surface area contributed by atoms with Crippen LogP contribution in [0, 0.1) is 5.92 Å². The summed E-state index contributed by atoms with van der Waals surface area (Å²) in [7, 11) is 0. The summed E-state index contributed by atoms with van der Waals surface area (Å²) in [6.45, 7) is 0. The maximum atomic E-state index is 11.6. The van der Waals surface area contributed by atoms with E-state index >= 15 is 0 Å². The van der Waals surface area contributed by atoms with Crippen molar-refractivity contribution in [1.82, 2.24) is 4.90 Å². The normalized spacial score (nSPS) is 38.6. The Bertz CT molecular complexity index is 312. The van der Waals surface area contributed by atoms with Gasteiger partial charge < -0.3 is 5.11 Å². The van der Waals surface area contributed by atoms with Gasteiger partial charge in [0.25, 0.3) is 0 Å². The zero-order valence-electron chi connectivity index (χ0n) is 11.2. The van der Waals surface area contributed by atoms with E-state index in [4.69, 9.17) is 0 Å². The standard InChI is InChI=1S/C15H25NO2/c17-15(18)14-10-11-6-4-5-9-13(11)16(14)12-7-2-1-3-8-12/h11-14H,1-10H2,(H,17,18). The van der Waals surface area contributed by atoms with Crippen LogP contribution in [-0.4, -0.2) is 34.1 Å². The van der Waals surface area contributed by atoms with Crippen LogP contribution in [0.15, 0.2) is 0 Å². The summed E-state index contributed by atoms with van der Waals surface area (Å²) < 4.78 is 0. The van der Waals surface area contributed by atoms with Gasteiger partial charge >= 0.3 is 5.97 Å². The quantitative estimate of drug-likeness (QED) is 0.820. The highest BCUT2D eigenvalue weighted by molar-refractivity contribution is 5.74. The second-order valence-electron chi connectivity index (χ2n) is 6.44. The average Bonchev–Trinajstić information content (AvgIpc) is 2.79. The Morgan fingerprint density at radius 3 is 2.33 bits per heavy atom. The zero-order chi connectivity index (χ0) is 12.5. The molecule has 0 bridgehead atoms. The monoisotopic (exact) mass is 251 g/mol. The topological polar surface area (TPSA) is 40.5 Å². The average molecular weight is 251 g/mol. The molecule has 1 N–H and O–H groups in total. The fourth-order valence-electron chi connectivity index (χ4n) is 4.63. The van der Waals surface area contributed by atoms with Crippen molar-refractivity contribution in [2.24, 2.45) is 5.92 Å². The summed E-state index contributed by atoms with van der Waals surface area (Å²) >= 11 is 0. The van der Waals surface area contributed by atoms with E-state index in [-0.39, 0.29) is 6.04 Å². The molecule has 0 aromatic rings. The first-order chi connectivity index (χ1) is 8.77. The lowest BCUT2D eigenvalue weighted by Gasteiger charge is -2.40. The van der Waals surface area contributed by atoms with Gasteiger partial charge in [0.1, 0.15) is 6.04 Å². The summed E-state index contributed by atoms with van der Waals surface area (Å²) in [5.41, 5.74) is 0. The number of fused-ring (bicyclic) bond motifs is 1. The molecule has 0 aromatic heterocycles. The van der Waals surface area contributed by atoms with Crippen LogP contribution in [0.1, 0.15) is 64.2 Å². The summed E-state index contributed by atoms with van der Waals surface area (Å²) in [5, 5.41) is 9.52. The Kier molecular flexibility index (Phi) is 3.60. The van der Waals surface area contributed by atoms with Gasteiger partial charge in [0, 0.05) is 12.1 Å². The Balaban J connectivity index is 1.79. The van der Waals surface area contributed by atoms with Crippen molar-refractivity contribution in [1.29, 1.82) is 0 Å². The van der Waals surface area contributed by atoms with Gasteiger partial charge in [-0.05, 0) is 38.0 Å². The molecular weight excluding hydrogens is 226 g/mol. The predicted molar refractivity (Wildman–Crippen MR) is 70.5 cm³/mol. The van der Waals surface area contributed by atoms with Gasteiger partial charge in [-0.2, -0.15) is 0 Å². The summed E-state index contributed by atoms with van der Waals surface area (Å²) in [6.07, 6.45) is 12.4. The minimum Gasteiger partial charge on any atom is -0.480 e. The minimum atomic E-state index is -0.574. The molecule has 0 radical (unpaired) electrons. The molecule has 1 heterocycles. The number of carboxylic acids is 1. The minimum absolute atomic E-state index is 0.179. The molecule has 1 saturated heterocycles. The summed E-state index contributed by atoms with van der Waals surface area (Å²) in [4.78, 5) is 14.0. The number of hydrogen-bond donors (Lipinski definition) is 1. The maximum Gasteiger partial charge on any atom is 0.320 e. The van der Waals surface area contributed by atoms with Crippen LogP contribution in [-0.2, 0) is 4.79 Å². The van der Waals surface area contributed by atoms with Crippen LogP contribution < -0.4 is 0 Å². The molecule has 0 amide bonds. The summed E-state index contributed by atoms with van der Waals surface area (Å²) in [5.74, 6) is 0.0942. The zero-order valence-corrected chi connectivity index (χ0v) is 11.2. The third-order valence-corrected chi connectivity index (χ3v) is 5.42. The fourth-order valence-corrected chi connectivity index (χ4v) is 4.63. The smallest absolute Gasteiger partial charge is 0.320 e. The molecule has 3 unspecified atom stereocenters. The van der Waals surface area contributed by atoms with Crippen LogP contribution in [0.4, 0.5) is 0 Å². The molecule has 0 spiro atoms. The van der Waals surface area contributed by atoms with Crippen LogP contribution in [0.3, 0.4) is 0 Å². The Labute approximate surface area is 110 Å². The Morgan fingerprint density at radius 1 is 0.944 bits per heavy atom. The van der Waals surface area contributed by atoms with E-state index in [1.54, 1.807) is 0 Å². The molecule has 102 valence electrons. The Morgan fingerprint density at radius 2 is 1.61 bits per heavy atom. The SMILES string of the molecule is O=C(O)C1CC2CCCCC2N1C1CCCCC1. The van der Waals surface area contributed by atoms with Gasteiger partial charge in [-0.1, -0.05) is 32.1 Å². The highest BCUT2D eigenvalue weighted by Gasteiger charge is 2.47. The van der Waals surface area contributed by atoms with Crippen LogP contribution >= 0.6 is 0 Å². The number of rotatable bonds is 2. The molecule has 0 aromatic carbocycles. The molecular formula is C15H25NO2. The van der Waals surface area contributed by atoms with Crippen molar-refractivity contribution in [3.05, 3.63) is 0 Å². The van der Waals surface area contributed by atoms with Crippen LogP contribution in [0.25, 0.3) is 0 Å². The lowest BCUT2D eigenvalue weighted by molar-refractivity contribution is -0.144. The van der Waals surface area contributed by atoms with E-state index in [2.05, 4.69) is 4.90 Å². The third-order valence-electron chi connectivity index (χ3n) is 5.42. The molecule has 2 saturated carbocycles. The van der Waals surface area contributed by atoms with Gasteiger partial charge in [0.2, 0.25) is 0 Å². The largest absolute Gasteiger partial charge is 0.480 e. The van der Waals surface area contributed by atoms with Crippen molar-refractivity contribution >= 4 is 5.97 Å². The van der Waals surface area contributed by atoms with Crippen molar-refractivity contribution in [2.75, 3.05) is 0 Å². The van der Waals surface area contributed by atoms with Gasteiger partial charge in [-0.3, -0.25) is 9.69 Å². The first kappa shape index (κ1) is 12.5. The van der Waals surface area contributed by atoms with Crippen molar-refractivity contribution in [3.8, 4) is 0 Å². The Hall–Kier alpha value is -0.570. The van der Waals surface area contributed by atoms with Crippen molar-refractivity contribution in [3.63, 3.8) is 0 Å². The first-order valence-corrected chi connectivity index (χ1v) is 7.77. The third kappa shape index (κ3) is 2.18. The maximum absolute atomic E-state index is 11.6. The lowest BCUT2D eigenvalue weighted by Crippen LogP contribution is -2.49. The molecule has 3 atom stereocenters. The van der Waals surface area contributed by atoms with Crippen molar-refractivity contribution in [2.45, 2.75) is 82.3 Å². The van der Waals surface area contributed by atoms with E-state index in [0.717, 1.165) is 6.42 Å². The van der Waals surface area contributed by atoms with E-state index < -0.39 is 5.97 Å². The molecule has 3 fully saturated rings. The fraction of sp³-hybridized carbons (Fsp3) is 0.933. The molecule has 3 nitrogen and oxygen atoms in total. The number of carbonyl (C=O) groups is 1. The van der Waals surface area contributed by atoms with Gasteiger partial charge in [0.15, 0.2) is 0 Å². The number of nitrogens with zero attached hydrogens (tertiary/aromatic N) is 1. The molecule has 2 aliphatic carbocycles. The number of hydrogen-bond acceptors (Lipinski definition) is 2. The molecule has 3 heteroatoms. The molecule has 3 aliphatic rings. The molecule has 1 aliphatic heterocycles. The van der Waals surface area contributed by atoms with E-state index in [1.807, 2.05) is 0 Å². The van der Waals surface area contributed by atoms with E-state index in [0.29, 0.717) is 18.0 Å². The molecule has 3 rings (SSSR count). The van der Waals surface area contributed by atoms with E-state index in [9.17, 15) is 9.90 Å². The van der Waals surface area contributed by atoms with Gasteiger partial charge in [-0.15, -0.1) is 0 Å². The lowest BCUT2D eigenvalue weighted by atomic mass is 9.84. The van der Waals surface area contributed by atoms with E-state index in [1.165, 1.54) is 57.8 Å². The second-order valence-corrected chi connectivity index (χ2v) is 6.44. The number of aliphatic carboxylic acids is 1. The summed E-state index contributed by atoms with van der Waals surface area (Å²) in [6, 6.07) is 0.970. The second kappa shape index (κ2) is 5.20. The number of carboxylic acid groups (broad SMARTS) is 1. The van der Waals surface area contributed by atoms with Gasteiger partial charge in [-0.25, -0.2) is 0 Å². The van der Waals surface area contributed by atoms with Crippen LogP contribution in [0.2, 0.25) is 0 Å². The predicted octanol–water partition coefficient (Wildman–Crippen LogP) is 3.04. The first-order valence-electron chi connectivity index (χ1n) is 7.77. The van der Waals surface area contributed by atoms with Crippen molar-refractivity contribution < 1.29 is 9.90 Å². The number of likely N-dealkylation sites (tertiary alicyclic amines) is 1. The highest BCUT2D eigenvalue weighted by Crippen LogP contribution is 2.43. The molecule has 18 heavy (non-hydrogen) atoms. The van der Waals surface area contributed by atoms with Crippen LogP contribution in [0.5, 0.6) is 0 Å².